The summed E-state index contributed by atoms with van der Waals surface area (Å²) in [5.74, 6) is 0.104. The van der Waals surface area contributed by atoms with Gasteiger partial charge < -0.3 is 15.0 Å². The van der Waals surface area contributed by atoms with Gasteiger partial charge in [0.25, 0.3) is 5.91 Å². The molecule has 0 aromatic heterocycles. The molecule has 2 aromatic rings. The number of ether oxygens (including phenoxy) is 1. The van der Waals surface area contributed by atoms with Crippen molar-refractivity contribution in [1.82, 2.24) is 10.2 Å². The van der Waals surface area contributed by atoms with Crippen molar-refractivity contribution >= 4 is 39.3 Å². The van der Waals surface area contributed by atoms with Gasteiger partial charge in [-0.15, -0.1) is 0 Å². The van der Waals surface area contributed by atoms with Crippen LogP contribution in [0.2, 0.25) is 5.02 Å². The summed E-state index contributed by atoms with van der Waals surface area (Å²) in [6.45, 7) is 5.60. The number of halogens is 2. The lowest BCUT2D eigenvalue weighted by Gasteiger charge is -2.29. The minimum absolute atomic E-state index is 0.0125. The topological polar surface area (TPSA) is 58.6 Å². The molecule has 0 spiro atoms. The highest BCUT2D eigenvalue weighted by molar-refractivity contribution is 9.10. The number of hydrogen-bond acceptors (Lipinski definition) is 3. The Balaban J connectivity index is 2.12. The van der Waals surface area contributed by atoms with Crippen molar-refractivity contribution in [1.29, 1.82) is 0 Å². The van der Waals surface area contributed by atoms with E-state index in [-0.39, 0.29) is 31.0 Å². The molecule has 0 aliphatic carbocycles. The minimum Gasteiger partial charge on any atom is -0.484 e. The highest BCUT2D eigenvalue weighted by Gasteiger charge is 2.26. The Labute approximate surface area is 179 Å². The van der Waals surface area contributed by atoms with Crippen molar-refractivity contribution in [3.05, 3.63) is 63.6 Å². The van der Waals surface area contributed by atoms with Crippen LogP contribution in [0.25, 0.3) is 0 Å². The second-order valence-electron chi connectivity index (χ2n) is 6.73. The van der Waals surface area contributed by atoms with E-state index >= 15 is 0 Å². The highest BCUT2D eigenvalue weighted by atomic mass is 79.9. The third-order valence-corrected chi connectivity index (χ3v) is 4.82. The molecule has 0 unspecified atom stereocenters. The molecule has 150 valence electrons. The second kappa shape index (κ2) is 10.5. The third-order valence-electron chi connectivity index (χ3n) is 4.04. The number of benzene rings is 2. The van der Waals surface area contributed by atoms with E-state index < -0.39 is 6.04 Å². The summed E-state index contributed by atoms with van der Waals surface area (Å²) in [6.07, 6.45) is 0. The van der Waals surface area contributed by atoms with Gasteiger partial charge in [0.1, 0.15) is 11.8 Å². The molecule has 2 amide bonds. The summed E-state index contributed by atoms with van der Waals surface area (Å²) in [4.78, 5) is 26.9. The van der Waals surface area contributed by atoms with Crippen LogP contribution in [-0.4, -0.2) is 35.4 Å². The Morgan fingerprint density at radius 2 is 1.68 bits per heavy atom. The molecule has 2 aromatic carbocycles. The van der Waals surface area contributed by atoms with E-state index in [0.29, 0.717) is 10.8 Å². The molecule has 28 heavy (non-hydrogen) atoms. The van der Waals surface area contributed by atoms with Gasteiger partial charge in [0.2, 0.25) is 5.91 Å². The van der Waals surface area contributed by atoms with Gasteiger partial charge in [0.15, 0.2) is 6.61 Å². The molecule has 0 bridgehead atoms. The van der Waals surface area contributed by atoms with Crippen LogP contribution in [0.4, 0.5) is 0 Å². The van der Waals surface area contributed by atoms with Crippen LogP contribution in [0.3, 0.4) is 0 Å². The zero-order valence-corrected chi connectivity index (χ0v) is 18.5. The first-order chi connectivity index (χ1) is 13.3. The Morgan fingerprint density at radius 3 is 2.25 bits per heavy atom. The first-order valence-corrected chi connectivity index (χ1v) is 10.2. The van der Waals surface area contributed by atoms with Gasteiger partial charge in [-0.2, -0.15) is 0 Å². The number of amides is 2. The van der Waals surface area contributed by atoms with E-state index in [9.17, 15) is 9.59 Å². The monoisotopic (exact) mass is 466 g/mol. The molecule has 5 nitrogen and oxygen atoms in total. The number of nitrogens with one attached hydrogen (secondary N) is 1. The zero-order chi connectivity index (χ0) is 20.7. The molecule has 7 heteroatoms. The average Bonchev–Trinajstić information content (AvgIpc) is 2.65. The highest BCUT2D eigenvalue weighted by Crippen LogP contribution is 2.17. The molecule has 1 N–H and O–H groups in total. The van der Waals surface area contributed by atoms with Crippen molar-refractivity contribution in [2.75, 3.05) is 6.61 Å². The molecular weight excluding hydrogens is 444 g/mol. The van der Waals surface area contributed by atoms with Crippen LogP contribution < -0.4 is 10.1 Å². The summed E-state index contributed by atoms with van der Waals surface area (Å²) in [6, 6.07) is 13.8. The van der Waals surface area contributed by atoms with Gasteiger partial charge in [0, 0.05) is 22.1 Å². The van der Waals surface area contributed by atoms with Crippen LogP contribution in [0, 0.1) is 0 Å². The van der Waals surface area contributed by atoms with Crippen LogP contribution in [-0.2, 0) is 16.1 Å². The molecular formula is C21H24BrClN2O3. The summed E-state index contributed by atoms with van der Waals surface area (Å²) in [5.41, 5.74) is 0.880. The van der Waals surface area contributed by atoms with Gasteiger partial charge in [-0.3, -0.25) is 9.59 Å². The molecule has 0 heterocycles. The van der Waals surface area contributed by atoms with Crippen LogP contribution >= 0.6 is 27.5 Å². The van der Waals surface area contributed by atoms with Gasteiger partial charge >= 0.3 is 0 Å². The standard InChI is InChI=1S/C21H24BrClN2O3/c1-14(2)24-21(27)15(3)25(12-16-4-8-18(23)9-5-16)20(26)13-28-19-10-6-17(22)7-11-19/h4-11,14-15H,12-13H2,1-3H3,(H,24,27)/t15-/m1/s1. The van der Waals surface area contributed by atoms with Crippen LogP contribution in [0.15, 0.2) is 53.0 Å². The second-order valence-corrected chi connectivity index (χ2v) is 8.08. The Kier molecular flexibility index (Phi) is 8.33. The quantitative estimate of drug-likeness (QED) is 0.625. The first kappa shape index (κ1) is 22.2. The molecule has 0 saturated carbocycles. The number of hydrogen-bond donors (Lipinski definition) is 1. The van der Waals surface area contributed by atoms with E-state index in [1.165, 1.54) is 4.90 Å². The first-order valence-electron chi connectivity index (χ1n) is 8.99. The van der Waals surface area contributed by atoms with Gasteiger partial charge in [-0.25, -0.2) is 0 Å². The summed E-state index contributed by atoms with van der Waals surface area (Å²) in [5, 5.41) is 3.47. The van der Waals surface area contributed by atoms with Crippen molar-refractivity contribution < 1.29 is 14.3 Å². The predicted octanol–water partition coefficient (Wildman–Crippen LogP) is 4.42. The normalized spacial score (nSPS) is 11.8. The average molecular weight is 468 g/mol. The fraction of sp³-hybridized carbons (Fsp3) is 0.333. The predicted molar refractivity (Wildman–Crippen MR) is 114 cm³/mol. The Morgan fingerprint density at radius 1 is 1.07 bits per heavy atom. The lowest BCUT2D eigenvalue weighted by molar-refractivity contribution is -0.142. The van der Waals surface area contributed by atoms with Crippen LogP contribution in [0.5, 0.6) is 5.75 Å². The Hall–Kier alpha value is -2.05. The Bertz CT molecular complexity index is 794. The molecule has 0 fully saturated rings. The molecule has 0 saturated heterocycles. The minimum atomic E-state index is -0.640. The van der Waals surface area contributed by atoms with Gasteiger partial charge in [-0.1, -0.05) is 39.7 Å². The maximum Gasteiger partial charge on any atom is 0.261 e. The number of rotatable bonds is 8. The fourth-order valence-corrected chi connectivity index (χ4v) is 2.92. The van der Waals surface area contributed by atoms with Gasteiger partial charge in [-0.05, 0) is 62.7 Å². The summed E-state index contributed by atoms with van der Waals surface area (Å²) < 4.78 is 6.53. The van der Waals surface area contributed by atoms with Crippen molar-refractivity contribution in [2.24, 2.45) is 0 Å². The van der Waals surface area contributed by atoms with Crippen molar-refractivity contribution in [3.8, 4) is 5.75 Å². The maximum atomic E-state index is 12.9. The lowest BCUT2D eigenvalue weighted by atomic mass is 10.1. The SMILES string of the molecule is CC(C)NC(=O)[C@@H](C)N(Cc1ccc(Cl)cc1)C(=O)COc1ccc(Br)cc1. The van der Waals surface area contributed by atoms with E-state index in [1.54, 1.807) is 31.2 Å². The summed E-state index contributed by atoms with van der Waals surface area (Å²) in [7, 11) is 0. The van der Waals surface area contributed by atoms with Crippen molar-refractivity contribution in [2.45, 2.75) is 39.4 Å². The fourth-order valence-electron chi connectivity index (χ4n) is 2.53. The maximum absolute atomic E-state index is 12.9. The number of carbonyl (C=O) groups excluding carboxylic acids is 2. The van der Waals surface area contributed by atoms with Crippen molar-refractivity contribution in [3.63, 3.8) is 0 Å². The molecule has 0 radical (unpaired) electrons. The smallest absolute Gasteiger partial charge is 0.261 e. The molecule has 1 atom stereocenters. The molecule has 0 aliphatic heterocycles. The summed E-state index contributed by atoms with van der Waals surface area (Å²) >= 11 is 9.30. The number of carbonyl (C=O) groups is 2. The zero-order valence-electron chi connectivity index (χ0n) is 16.1. The largest absolute Gasteiger partial charge is 0.484 e. The van der Waals surface area contributed by atoms with E-state index in [4.69, 9.17) is 16.3 Å². The molecule has 0 aliphatic rings. The van der Waals surface area contributed by atoms with E-state index in [0.717, 1.165) is 10.0 Å². The molecule has 2 rings (SSSR count). The number of nitrogens with zero attached hydrogens (tertiary/aromatic N) is 1. The lowest BCUT2D eigenvalue weighted by Crippen LogP contribution is -2.50. The van der Waals surface area contributed by atoms with Crippen LogP contribution in [0.1, 0.15) is 26.3 Å². The van der Waals surface area contributed by atoms with E-state index in [2.05, 4.69) is 21.2 Å². The third kappa shape index (κ3) is 6.84. The van der Waals surface area contributed by atoms with Gasteiger partial charge in [0.05, 0.1) is 0 Å². The van der Waals surface area contributed by atoms with E-state index in [1.807, 2.05) is 38.1 Å².